The number of primary amides is 1. The predicted molar refractivity (Wildman–Crippen MR) is 75.1 cm³/mol. The van der Waals surface area contributed by atoms with E-state index in [4.69, 9.17) is 10.8 Å². The van der Waals surface area contributed by atoms with E-state index in [1.54, 1.807) is 4.90 Å². The normalized spacial score (nSPS) is 12.0. The van der Waals surface area contributed by atoms with Gasteiger partial charge in [0.15, 0.2) is 0 Å². The highest BCUT2D eigenvalue weighted by Crippen LogP contribution is 2.05. The number of carboxylic acids is 1. The van der Waals surface area contributed by atoms with E-state index in [9.17, 15) is 14.4 Å². The van der Waals surface area contributed by atoms with Crippen LogP contribution in [0.3, 0.4) is 0 Å². The molecular formula is C13H25N3O4. The van der Waals surface area contributed by atoms with Crippen molar-refractivity contribution in [2.24, 2.45) is 5.73 Å². The van der Waals surface area contributed by atoms with Crippen LogP contribution in [0.15, 0.2) is 0 Å². The lowest BCUT2D eigenvalue weighted by Crippen LogP contribution is -2.51. The SMILES string of the molecule is CCCCCN(C(=O)NC(CC(N)=O)C(=O)O)C(C)C. The fraction of sp³-hybridized carbons (Fsp3) is 0.769. The van der Waals surface area contributed by atoms with Gasteiger partial charge in [0, 0.05) is 12.6 Å². The first-order valence-corrected chi connectivity index (χ1v) is 6.87. The van der Waals surface area contributed by atoms with Crippen LogP contribution in [0.2, 0.25) is 0 Å². The molecule has 0 spiro atoms. The minimum Gasteiger partial charge on any atom is -0.480 e. The molecule has 0 aliphatic rings. The van der Waals surface area contributed by atoms with Crippen molar-refractivity contribution in [1.82, 2.24) is 10.2 Å². The van der Waals surface area contributed by atoms with Crippen molar-refractivity contribution >= 4 is 17.9 Å². The molecule has 0 heterocycles. The molecule has 4 N–H and O–H groups in total. The zero-order chi connectivity index (χ0) is 15.7. The van der Waals surface area contributed by atoms with Gasteiger partial charge in [-0.25, -0.2) is 9.59 Å². The van der Waals surface area contributed by atoms with Crippen LogP contribution < -0.4 is 11.1 Å². The first kappa shape index (κ1) is 18.2. The van der Waals surface area contributed by atoms with Gasteiger partial charge in [-0.05, 0) is 20.3 Å². The number of carbonyl (C=O) groups is 3. The molecule has 7 heteroatoms. The molecule has 1 atom stereocenters. The molecule has 0 rings (SSSR count). The number of amides is 3. The molecule has 3 amide bonds. The second-order valence-corrected chi connectivity index (χ2v) is 5.00. The summed E-state index contributed by atoms with van der Waals surface area (Å²) in [6.45, 7) is 6.33. The van der Waals surface area contributed by atoms with E-state index in [0.29, 0.717) is 6.54 Å². The van der Waals surface area contributed by atoms with Gasteiger partial charge in [0.2, 0.25) is 5.91 Å². The summed E-state index contributed by atoms with van der Waals surface area (Å²) >= 11 is 0. The highest BCUT2D eigenvalue weighted by Gasteiger charge is 2.25. The fourth-order valence-electron chi connectivity index (χ4n) is 1.76. The van der Waals surface area contributed by atoms with Gasteiger partial charge in [-0.1, -0.05) is 19.8 Å². The maximum absolute atomic E-state index is 12.1. The topological polar surface area (TPSA) is 113 Å². The predicted octanol–water partition coefficient (Wildman–Crippen LogP) is 0.925. The maximum atomic E-state index is 12.1. The van der Waals surface area contributed by atoms with Gasteiger partial charge in [-0.2, -0.15) is 0 Å². The summed E-state index contributed by atoms with van der Waals surface area (Å²) in [5, 5.41) is 11.3. The summed E-state index contributed by atoms with van der Waals surface area (Å²) in [5.74, 6) is -2.03. The Balaban J connectivity index is 4.62. The average molecular weight is 287 g/mol. The minimum absolute atomic E-state index is 0.0464. The van der Waals surface area contributed by atoms with Gasteiger partial charge in [-0.15, -0.1) is 0 Å². The molecule has 116 valence electrons. The Morgan fingerprint density at radius 2 is 1.85 bits per heavy atom. The molecule has 0 aromatic heterocycles. The van der Waals surface area contributed by atoms with Gasteiger partial charge < -0.3 is 21.1 Å². The fourth-order valence-corrected chi connectivity index (χ4v) is 1.76. The maximum Gasteiger partial charge on any atom is 0.326 e. The van der Waals surface area contributed by atoms with Crippen molar-refractivity contribution in [2.75, 3.05) is 6.54 Å². The van der Waals surface area contributed by atoms with Crippen LogP contribution in [-0.4, -0.2) is 46.5 Å². The first-order valence-electron chi connectivity index (χ1n) is 6.87. The van der Waals surface area contributed by atoms with E-state index in [1.165, 1.54) is 0 Å². The van der Waals surface area contributed by atoms with Gasteiger partial charge in [0.05, 0.1) is 6.42 Å². The van der Waals surface area contributed by atoms with Crippen molar-refractivity contribution in [3.05, 3.63) is 0 Å². The summed E-state index contributed by atoms with van der Waals surface area (Å²) in [6, 6.07) is -1.81. The van der Waals surface area contributed by atoms with Crippen LogP contribution >= 0.6 is 0 Å². The summed E-state index contributed by atoms with van der Waals surface area (Å²) in [7, 11) is 0. The van der Waals surface area contributed by atoms with Crippen molar-refractivity contribution < 1.29 is 19.5 Å². The quantitative estimate of drug-likeness (QED) is 0.547. The lowest BCUT2D eigenvalue weighted by molar-refractivity contribution is -0.141. The third-order valence-corrected chi connectivity index (χ3v) is 2.89. The number of carbonyl (C=O) groups excluding carboxylic acids is 2. The number of nitrogens with one attached hydrogen (secondary N) is 1. The Morgan fingerprint density at radius 1 is 1.25 bits per heavy atom. The number of aliphatic carboxylic acids is 1. The molecule has 0 saturated carbocycles. The van der Waals surface area contributed by atoms with E-state index < -0.39 is 30.4 Å². The molecule has 0 aromatic rings. The Bertz CT molecular complexity index is 345. The third-order valence-electron chi connectivity index (χ3n) is 2.89. The Hall–Kier alpha value is -1.79. The van der Waals surface area contributed by atoms with E-state index in [2.05, 4.69) is 12.2 Å². The van der Waals surface area contributed by atoms with E-state index >= 15 is 0 Å². The number of carboxylic acid groups (broad SMARTS) is 1. The molecule has 0 saturated heterocycles. The number of hydrogen-bond acceptors (Lipinski definition) is 3. The van der Waals surface area contributed by atoms with Crippen molar-refractivity contribution in [2.45, 2.75) is 58.5 Å². The number of hydrogen-bond donors (Lipinski definition) is 3. The van der Waals surface area contributed by atoms with Crippen LogP contribution in [-0.2, 0) is 9.59 Å². The lowest BCUT2D eigenvalue weighted by atomic mass is 10.2. The second-order valence-electron chi connectivity index (χ2n) is 5.00. The smallest absolute Gasteiger partial charge is 0.326 e. The standard InChI is InChI=1S/C13H25N3O4/c1-4-5-6-7-16(9(2)3)13(20)15-10(12(18)19)8-11(14)17/h9-10H,4-8H2,1-3H3,(H2,14,17)(H,15,20)(H,18,19). The molecule has 0 radical (unpaired) electrons. The van der Waals surface area contributed by atoms with Crippen LogP contribution in [0, 0.1) is 0 Å². The van der Waals surface area contributed by atoms with Gasteiger partial charge >= 0.3 is 12.0 Å². The van der Waals surface area contributed by atoms with Gasteiger partial charge in [0.1, 0.15) is 6.04 Å². The summed E-state index contributed by atoms with van der Waals surface area (Å²) in [4.78, 5) is 35.4. The molecule has 0 bridgehead atoms. The van der Waals surface area contributed by atoms with Crippen molar-refractivity contribution in [3.63, 3.8) is 0 Å². The Morgan fingerprint density at radius 3 is 2.25 bits per heavy atom. The van der Waals surface area contributed by atoms with E-state index in [-0.39, 0.29) is 6.04 Å². The first-order chi connectivity index (χ1) is 9.29. The summed E-state index contributed by atoms with van der Waals surface area (Å²) in [6.07, 6.45) is 2.48. The van der Waals surface area contributed by atoms with E-state index in [1.807, 2.05) is 13.8 Å². The number of nitrogens with two attached hydrogens (primary N) is 1. The second kappa shape index (κ2) is 9.17. The third kappa shape index (κ3) is 6.96. The van der Waals surface area contributed by atoms with Gasteiger partial charge in [0.25, 0.3) is 0 Å². The molecule has 1 unspecified atom stereocenters. The number of rotatable bonds is 9. The number of nitrogens with zero attached hydrogens (tertiary/aromatic N) is 1. The molecule has 0 aliphatic heterocycles. The zero-order valence-corrected chi connectivity index (χ0v) is 12.4. The van der Waals surface area contributed by atoms with Crippen LogP contribution in [0.4, 0.5) is 4.79 Å². The summed E-state index contributed by atoms with van der Waals surface area (Å²) in [5.41, 5.74) is 4.97. The summed E-state index contributed by atoms with van der Waals surface area (Å²) < 4.78 is 0. The molecule has 7 nitrogen and oxygen atoms in total. The largest absolute Gasteiger partial charge is 0.480 e. The number of unbranched alkanes of at least 4 members (excludes halogenated alkanes) is 2. The van der Waals surface area contributed by atoms with Crippen molar-refractivity contribution in [3.8, 4) is 0 Å². The highest BCUT2D eigenvalue weighted by molar-refractivity contribution is 5.87. The highest BCUT2D eigenvalue weighted by atomic mass is 16.4. The zero-order valence-electron chi connectivity index (χ0n) is 12.4. The minimum atomic E-state index is -1.28. The lowest BCUT2D eigenvalue weighted by Gasteiger charge is -2.28. The molecule has 20 heavy (non-hydrogen) atoms. The Kier molecular flexibility index (Phi) is 8.35. The average Bonchev–Trinajstić information content (AvgIpc) is 2.32. The van der Waals surface area contributed by atoms with Crippen LogP contribution in [0.25, 0.3) is 0 Å². The number of urea groups is 1. The molecular weight excluding hydrogens is 262 g/mol. The van der Waals surface area contributed by atoms with Gasteiger partial charge in [-0.3, -0.25) is 4.79 Å². The Labute approximate surface area is 119 Å². The van der Waals surface area contributed by atoms with E-state index in [0.717, 1.165) is 19.3 Å². The van der Waals surface area contributed by atoms with Crippen molar-refractivity contribution in [1.29, 1.82) is 0 Å². The van der Waals surface area contributed by atoms with Crippen LogP contribution in [0.1, 0.15) is 46.5 Å². The van der Waals surface area contributed by atoms with Crippen LogP contribution in [0.5, 0.6) is 0 Å². The monoisotopic (exact) mass is 287 g/mol. The molecule has 0 fully saturated rings. The molecule has 0 aliphatic carbocycles. The molecule has 0 aromatic carbocycles.